The van der Waals surface area contributed by atoms with Gasteiger partial charge in [-0.1, -0.05) is 72.8 Å². The minimum Gasteiger partial charge on any atom is -0.481 e. The van der Waals surface area contributed by atoms with E-state index in [1.54, 1.807) is 36.4 Å². The molecule has 3 aromatic carbocycles. The maximum Gasteiger partial charge on any atom is 0.319 e. The number of rotatable bonds is 11. The van der Waals surface area contributed by atoms with Crippen molar-refractivity contribution >= 4 is 29.5 Å². The molecule has 5 N–H and O–H groups in total. The molecule has 1 unspecified atom stereocenters. The fourth-order valence-corrected chi connectivity index (χ4v) is 3.46. The number of anilines is 1. The van der Waals surface area contributed by atoms with E-state index in [1.807, 2.05) is 48.5 Å². The number of carboxylic acids is 1. The molecule has 0 fully saturated rings. The maximum absolute atomic E-state index is 12.4. The highest BCUT2D eigenvalue weighted by molar-refractivity contribution is 5.90. The molecule has 0 aliphatic carbocycles. The van der Waals surface area contributed by atoms with Gasteiger partial charge in [0, 0.05) is 18.7 Å². The van der Waals surface area contributed by atoms with E-state index in [0.29, 0.717) is 11.3 Å². The van der Waals surface area contributed by atoms with E-state index < -0.39 is 29.9 Å². The molecule has 9 nitrogen and oxygen atoms in total. The second kappa shape index (κ2) is 13.3. The van der Waals surface area contributed by atoms with Crippen LogP contribution in [-0.4, -0.2) is 42.0 Å². The molecule has 3 rings (SSSR count). The van der Waals surface area contributed by atoms with E-state index in [-0.39, 0.29) is 25.9 Å². The minimum atomic E-state index is -1.06. The highest BCUT2D eigenvalue weighted by atomic mass is 16.4. The van der Waals surface area contributed by atoms with Crippen molar-refractivity contribution in [2.75, 3.05) is 18.4 Å². The molecule has 3 aromatic rings. The van der Waals surface area contributed by atoms with Gasteiger partial charge < -0.3 is 26.4 Å². The molecular weight excluding hydrogens is 460 g/mol. The Labute approximate surface area is 208 Å². The third kappa shape index (κ3) is 8.60. The van der Waals surface area contributed by atoms with Gasteiger partial charge >= 0.3 is 12.0 Å². The SMILES string of the molecule is O=C(O)CC(NC(=O)CNC(=O)CCNC(=O)Nc1ccccc1)c1ccc(-c2ccccc2)cc1. The van der Waals surface area contributed by atoms with Crippen molar-refractivity contribution in [3.63, 3.8) is 0 Å². The predicted molar refractivity (Wildman–Crippen MR) is 136 cm³/mol. The predicted octanol–water partition coefficient (Wildman–Crippen LogP) is 3.31. The van der Waals surface area contributed by atoms with Crippen LogP contribution in [0.5, 0.6) is 0 Å². The first-order valence-electron chi connectivity index (χ1n) is 11.4. The lowest BCUT2D eigenvalue weighted by Gasteiger charge is -2.18. The van der Waals surface area contributed by atoms with E-state index in [0.717, 1.165) is 11.1 Å². The highest BCUT2D eigenvalue weighted by Crippen LogP contribution is 2.23. The van der Waals surface area contributed by atoms with E-state index >= 15 is 0 Å². The smallest absolute Gasteiger partial charge is 0.319 e. The average Bonchev–Trinajstić information content (AvgIpc) is 2.88. The lowest BCUT2D eigenvalue weighted by molar-refractivity contribution is -0.138. The van der Waals surface area contributed by atoms with Gasteiger partial charge in [-0.3, -0.25) is 14.4 Å². The van der Waals surface area contributed by atoms with Crippen LogP contribution >= 0.6 is 0 Å². The van der Waals surface area contributed by atoms with Crippen molar-refractivity contribution in [2.45, 2.75) is 18.9 Å². The number of hydrogen-bond donors (Lipinski definition) is 5. The number of hydrogen-bond acceptors (Lipinski definition) is 4. The first-order valence-corrected chi connectivity index (χ1v) is 11.4. The second-order valence-corrected chi connectivity index (χ2v) is 7.98. The van der Waals surface area contributed by atoms with Crippen molar-refractivity contribution in [2.24, 2.45) is 0 Å². The summed E-state index contributed by atoms with van der Waals surface area (Å²) in [6.45, 7) is -0.227. The van der Waals surface area contributed by atoms with Crippen LogP contribution in [0, 0.1) is 0 Å². The molecule has 0 spiro atoms. The van der Waals surface area contributed by atoms with E-state index in [9.17, 15) is 24.3 Å². The summed E-state index contributed by atoms with van der Waals surface area (Å²) in [5.41, 5.74) is 3.27. The summed E-state index contributed by atoms with van der Waals surface area (Å²) in [5, 5.41) is 19.6. The zero-order valence-corrected chi connectivity index (χ0v) is 19.6. The van der Waals surface area contributed by atoms with Gasteiger partial charge in [-0.05, 0) is 28.8 Å². The summed E-state index contributed by atoms with van der Waals surface area (Å²) in [6.07, 6.45) is -0.320. The van der Waals surface area contributed by atoms with Crippen molar-refractivity contribution in [3.05, 3.63) is 90.5 Å². The summed E-state index contributed by atoms with van der Waals surface area (Å²) in [6, 6.07) is 24.7. The number of carboxylic acid groups (broad SMARTS) is 1. The Morgan fingerprint density at radius 2 is 1.33 bits per heavy atom. The van der Waals surface area contributed by atoms with Gasteiger partial charge in [0.2, 0.25) is 11.8 Å². The number of nitrogens with one attached hydrogen (secondary N) is 4. The fourth-order valence-electron chi connectivity index (χ4n) is 3.46. The van der Waals surface area contributed by atoms with Gasteiger partial charge in [0.25, 0.3) is 0 Å². The Bertz CT molecular complexity index is 1170. The normalized spacial score (nSPS) is 11.1. The van der Waals surface area contributed by atoms with Gasteiger partial charge in [0.1, 0.15) is 0 Å². The maximum atomic E-state index is 12.4. The first-order chi connectivity index (χ1) is 17.4. The molecule has 0 saturated carbocycles. The monoisotopic (exact) mass is 488 g/mol. The van der Waals surface area contributed by atoms with E-state index in [4.69, 9.17) is 0 Å². The summed E-state index contributed by atoms with van der Waals surface area (Å²) in [5.74, 6) is -2.00. The van der Waals surface area contributed by atoms with Crippen LogP contribution in [0.4, 0.5) is 10.5 Å². The molecule has 0 aromatic heterocycles. The summed E-state index contributed by atoms with van der Waals surface area (Å²) < 4.78 is 0. The molecule has 0 heterocycles. The molecular formula is C27H28N4O5. The Morgan fingerprint density at radius 1 is 0.722 bits per heavy atom. The van der Waals surface area contributed by atoms with E-state index in [1.165, 1.54) is 0 Å². The van der Waals surface area contributed by atoms with Crippen LogP contribution in [0.2, 0.25) is 0 Å². The third-order valence-electron chi connectivity index (χ3n) is 5.25. The molecule has 0 bridgehead atoms. The largest absolute Gasteiger partial charge is 0.481 e. The third-order valence-corrected chi connectivity index (χ3v) is 5.25. The van der Waals surface area contributed by atoms with Gasteiger partial charge in [-0.2, -0.15) is 0 Å². The Balaban J connectivity index is 1.44. The van der Waals surface area contributed by atoms with Gasteiger partial charge in [-0.25, -0.2) is 4.79 Å². The zero-order valence-electron chi connectivity index (χ0n) is 19.6. The Morgan fingerprint density at radius 3 is 1.97 bits per heavy atom. The molecule has 1 atom stereocenters. The Kier molecular flexibility index (Phi) is 9.58. The number of carbonyl (C=O) groups is 4. The van der Waals surface area contributed by atoms with Crippen LogP contribution in [0.25, 0.3) is 11.1 Å². The summed E-state index contributed by atoms with van der Waals surface area (Å²) in [7, 11) is 0. The standard InChI is InChI=1S/C27H28N4O5/c32-24(15-16-28-27(36)30-22-9-5-2-6-10-22)29-18-25(33)31-23(17-26(34)35)21-13-11-20(12-14-21)19-7-3-1-4-8-19/h1-14,23H,15-18H2,(H,29,32)(H,31,33)(H,34,35)(H2,28,30,36). The fraction of sp³-hybridized carbons (Fsp3) is 0.185. The molecule has 0 aliphatic rings. The summed E-state index contributed by atoms with van der Waals surface area (Å²) >= 11 is 0. The number of aliphatic carboxylic acids is 1. The summed E-state index contributed by atoms with van der Waals surface area (Å²) in [4.78, 5) is 47.6. The van der Waals surface area contributed by atoms with Crippen molar-refractivity contribution in [3.8, 4) is 11.1 Å². The zero-order chi connectivity index (χ0) is 25.8. The quantitative estimate of drug-likeness (QED) is 0.282. The first kappa shape index (κ1) is 26.0. The molecule has 186 valence electrons. The molecule has 0 radical (unpaired) electrons. The highest BCUT2D eigenvalue weighted by Gasteiger charge is 2.18. The second-order valence-electron chi connectivity index (χ2n) is 7.98. The number of urea groups is 1. The van der Waals surface area contributed by atoms with Crippen molar-refractivity contribution in [1.82, 2.24) is 16.0 Å². The van der Waals surface area contributed by atoms with Crippen LogP contribution in [0.15, 0.2) is 84.9 Å². The molecule has 36 heavy (non-hydrogen) atoms. The van der Waals surface area contributed by atoms with Crippen molar-refractivity contribution < 1.29 is 24.3 Å². The van der Waals surface area contributed by atoms with Crippen LogP contribution in [0.3, 0.4) is 0 Å². The van der Waals surface area contributed by atoms with Crippen molar-refractivity contribution in [1.29, 1.82) is 0 Å². The van der Waals surface area contributed by atoms with Crippen LogP contribution < -0.4 is 21.3 Å². The topological polar surface area (TPSA) is 137 Å². The lowest BCUT2D eigenvalue weighted by Crippen LogP contribution is -2.40. The van der Waals surface area contributed by atoms with Gasteiger partial charge in [-0.15, -0.1) is 0 Å². The molecule has 0 aliphatic heterocycles. The molecule has 9 heteroatoms. The number of carbonyl (C=O) groups excluding carboxylic acids is 3. The number of amides is 4. The number of benzene rings is 3. The van der Waals surface area contributed by atoms with Gasteiger partial charge in [0.05, 0.1) is 19.0 Å². The molecule has 4 amide bonds. The van der Waals surface area contributed by atoms with Crippen LogP contribution in [-0.2, 0) is 14.4 Å². The average molecular weight is 489 g/mol. The molecule has 0 saturated heterocycles. The van der Waals surface area contributed by atoms with Gasteiger partial charge in [0.15, 0.2) is 0 Å². The number of para-hydroxylation sites is 1. The van der Waals surface area contributed by atoms with Crippen LogP contribution in [0.1, 0.15) is 24.4 Å². The Hall–Kier alpha value is -4.66. The van der Waals surface area contributed by atoms with E-state index in [2.05, 4.69) is 21.3 Å². The minimum absolute atomic E-state index is 0.0189. The lowest BCUT2D eigenvalue weighted by atomic mass is 9.99.